The Morgan fingerprint density at radius 3 is 2.58 bits per heavy atom. The molecule has 0 saturated carbocycles. The van der Waals surface area contributed by atoms with Gasteiger partial charge in [0, 0.05) is 55.7 Å². The first-order valence-corrected chi connectivity index (χ1v) is 12.7. The third kappa shape index (κ3) is 7.48. The second kappa shape index (κ2) is 13.3. The Kier molecular flexibility index (Phi) is 9.60. The predicted molar refractivity (Wildman–Crippen MR) is 141 cm³/mol. The van der Waals surface area contributed by atoms with Crippen LogP contribution in [-0.2, 0) is 17.7 Å². The SMILES string of the molecule is C[C@H](CF)NC[C@@H](Cc1nc[nH]c(=O)c1O)c1ccc(C#Cc2ccc(CN3CCOCC3)cc2)cc1F. The maximum atomic E-state index is 15.3. The molecule has 2 aromatic carbocycles. The summed E-state index contributed by atoms with van der Waals surface area (Å²) < 4.78 is 33.7. The van der Waals surface area contributed by atoms with Crippen molar-refractivity contribution in [3.05, 3.63) is 92.9 Å². The molecule has 4 rings (SSSR count). The fraction of sp³-hybridized carbons (Fsp3) is 0.379. The molecular formula is C29H32F2N4O3. The number of H-pyrrole nitrogens is 1. The highest BCUT2D eigenvalue weighted by Gasteiger charge is 2.21. The number of hydrogen-bond donors (Lipinski definition) is 3. The molecule has 0 amide bonds. The molecule has 38 heavy (non-hydrogen) atoms. The molecule has 0 unspecified atom stereocenters. The van der Waals surface area contributed by atoms with Crippen molar-refractivity contribution in [1.82, 2.24) is 20.2 Å². The summed E-state index contributed by atoms with van der Waals surface area (Å²) in [4.78, 5) is 20.5. The van der Waals surface area contributed by atoms with Gasteiger partial charge < -0.3 is 20.1 Å². The fourth-order valence-corrected chi connectivity index (χ4v) is 4.29. The van der Waals surface area contributed by atoms with Crippen LogP contribution in [-0.4, -0.2) is 65.5 Å². The van der Waals surface area contributed by atoms with E-state index in [0.717, 1.165) is 38.4 Å². The molecule has 9 heteroatoms. The number of morpholine rings is 1. The maximum absolute atomic E-state index is 15.3. The molecule has 2 heterocycles. The van der Waals surface area contributed by atoms with E-state index >= 15 is 4.39 Å². The van der Waals surface area contributed by atoms with E-state index in [0.29, 0.717) is 11.1 Å². The first-order chi connectivity index (χ1) is 18.4. The van der Waals surface area contributed by atoms with Crippen molar-refractivity contribution in [3.63, 3.8) is 0 Å². The van der Waals surface area contributed by atoms with E-state index in [1.807, 2.05) is 12.1 Å². The van der Waals surface area contributed by atoms with Crippen LogP contribution in [0.5, 0.6) is 5.75 Å². The van der Waals surface area contributed by atoms with Crippen molar-refractivity contribution in [2.45, 2.75) is 31.8 Å². The summed E-state index contributed by atoms with van der Waals surface area (Å²) in [5, 5.41) is 13.1. The lowest BCUT2D eigenvalue weighted by atomic mass is 9.92. The number of benzene rings is 2. The topological polar surface area (TPSA) is 90.5 Å². The van der Waals surface area contributed by atoms with Crippen LogP contribution in [0, 0.1) is 17.7 Å². The first-order valence-electron chi connectivity index (χ1n) is 12.7. The zero-order chi connectivity index (χ0) is 26.9. The zero-order valence-corrected chi connectivity index (χ0v) is 21.3. The van der Waals surface area contributed by atoms with Crippen LogP contribution >= 0.6 is 0 Å². The van der Waals surface area contributed by atoms with E-state index in [1.54, 1.807) is 19.1 Å². The average Bonchev–Trinajstić information content (AvgIpc) is 2.93. The van der Waals surface area contributed by atoms with Crippen LogP contribution in [0.15, 0.2) is 53.6 Å². The van der Waals surface area contributed by atoms with E-state index in [4.69, 9.17) is 4.74 Å². The Hall–Kier alpha value is -3.58. The molecule has 1 aromatic heterocycles. The van der Waals surface area contributed by atoms with E-state index in [1.165, 1.54) is 18.0 Å². The first kappa shape index (κ1) is 27.5. The quantitative estimate of drug-likeness (QED) is 0.374. The number of nitrogens with one attached hydrogen (secondary N) is 2. The number of hydrogen-bond acceptors (Lipinski definition) is 6. The largest absolute Gasteiger partial charge is 0.502 e. The molecule has 0 aliphatic carbocycles. The lowest BCUT2D eigenvalue weighted by Gasteiger charge is -2.26. The molecule has 1 aliphatic rings. The molecule has 200 valence electrons. The van der Waals surface area contributed by atoms with Gasteiger partial charge in [-0.05, 0) is 42.3 Å². The van der Waals surface area contributed by atoms with Crippen LogP contribution < -0.4 is 10.9 Å². The normalized spacial score (nSPS) is 15.4. The second-order valence-corrected chi connectivity index (χ2v) is 9.46. The minimum atomic E-state index is -0.668. The molecule has 0 spiro atoms. The minimum Gasteiger partial charge on any atom is -0.502 e. The van der Waals surface area contributed by atoms with E-state index in [-0.39, 0.29) is 18.7 Å². The highest BCUT2D eigenvalue weighted by Crippen LogP contribution is 2.25. The lowest BCUT2D eigenvalue weighted by molar-refractivity contribution is 0.0342. The van der Waals surface area contributed by atoms with Gasteiger partial charge in [0.1, 0.15) is 12.5 Å². The van der Waals surface area contributed by atoms with Gasteiger partial charge in [-0.1, -0.05) is 30.0 Å². The second-order valence-electron chi connectivity index (χ2n) is 9.46. The molecule has 1 aliphatic heterocycles. The summed E-state index contributed by atoms with van der Waals surface area (Å²) in [5.74, 6) is 4.63. The number of aromatic amines is 1. The number of aromatic nitrogens is 2. The summed E-state index contributed by atoms with van der Waals surface area (Å²) in [6.45, 7) is 5.59. The molecular weight excluding hydrogens is 490 g/mol. The number of ether oxygens (including phenoxy) is 1. The van der Waals surface area contributed by atoms with Crippen LogP contribution in [0.4, 0.5) is 8.78 Å². The Morgan fingerprint density at radius 2 is 1.87 bits per heavy atom. The molecule has 0 bridgehead atoms. The summed E-state index contributed by atoms with van der Waals surface area (Å²) >= 11 is 0. The monoisotopic (exact) mass is 522 g/mol. The van der Waals surface area contributed by atoms with Gasteiger partial charge in [0.2, 0.25) is 5.75 Å². The molecule has 1 saturated heterocycles. The van der Waals surface area contributed by atoms with Crippen LogP contribution in [0.25, 0.3) is 0 Å². The summed E-state index contributed by atoms with van der Waals surface area (Å²) in [5.41, 5.74) is 2.40. The highest BCUT2D eigenvalue weighted by molar-refractivity contribution is 5.45. The van der Waals surface area contributed by atoms with Gasteiger partial charge in [0.25, 0.3) is 5.56 Å². The Morgan fingerprint density at radius 1 is 1.16 bits per heavy atom. The van der Waals surface area contributed by atoms with Gasteiger partial charge >= 0.3 is 0 Å². The molecule has 7 nitrogen and oxygen atoms in total. The van der Waals surface area contributed by atoms with Crippen molar-refractivity contribution in [2.75, 3.05) is 39.5 Å². The number of rotatable bonds is 9. The van der Waals surface area contributed by atoms with E-state index in [9.17, 15) is 14.3 Å². The van der Waals surface area contributed by atoms with E-state index < -0.39 is 35.8 Å². The molecule has 3 aromatic rings. The molecule has 1 fully saturated rings. The number of aromatic hydroxyl groups is 1. The van der Waals surface area contributed by atoms with Crippen molar-refractivity contribution in [3.8, 4) is 17.6 Å². The minimum absolute atomic E-state index is 0.0977. The number of alkyl halides is 1. The van der Waals surface area contributed by atoms with Gasteiger partial charge in [-0.3, -0.25) is 9.69 Å². The van der Waals surface area contributed by atoms with Gasteiger partial charge in [-0.15, -0.1) is 0 Å². The highest BCUT2D eigenvalue weighted by atomic mass is 19.1. The summed E-state index contributed by atoms with van der Waals surface area (Å²) in [6, 6.07) is 12.3. The Bertz CT molecular complexity index is 1330. The van der Waals surface area contributed by atoms with Crippen molar-refractivity contribution < 1.29 is 18.6 Å². The van der Waals surface area contributed by atoms with Crippen LogP contribution in [0.2, 0.25) is 0 Å². The third-order valence-electron chi connectivity index (χ3n) is 6.54. The van der Waals surface area contributed by atoms with Gasteiger partial charge in [-0.25, -0.2) is 13.8 Å². The van der Waals surface area contributed by atoms with Crippen molar-refractivity contribution in [1.29, 1.82) is 0 Å². The Labute approximate surface area is 220 Å². The predicted octanol–water partition coefficient (Wildman–Crippen LogP) is 3.12. The smallest absolute Gasteiger partial charge is 0.293 e. The summed E-state index contributed by atoms with van der Waals surface area (Å²) in [6.07, 6.45) is 1.29. The van der Waals surface area contributed by atoms with E-state index in [2.05, 4.69) is 44.2 Å². The van der Waals surface area contributed by atoms with Crippen LogP contribution in [0.3, 0.4) is 0 Å². The van der Waals surface area contributed by atoms with Crippen molar-refractivity contribution in [2.24, 2.45) is 0 Å². The molecule has 3 N–H and O–H groups in total. The standard InChI is InChI=1S/C29H32F2N4O3/c1-20(16-30)32-17-24(15-27-28(36)29(37)34-19-33-27)25-9-8-22(14-26(25)31)5-2-21-3-6-23(7-4-21)18-35-10-12-38-13-11-35/h3-4,6-9,14,19-20,24,32,36H,10-13,15-18H2,1H3,(H,33,34,37)/t20-,24-/m1/s1. The molecule has 2 atom stereocenters. The van der Waals surface area contributed by atoms with Gasteiger partial charge in [0.15, 0.2) is 0 Å². The van der Waals surface area contributed by atoms with Crippen molar-refractivity contribution >= 4 is 0 Å². The van der Waals surface area contributed by atoms with Gasteiger partial charge in [-0.2, -0.15) is 0 Å². The maximum Gasteiger partial charge on any atom is 0.293 e. The fourth-order valence-electron chi connectivity index (χ4n) is 4.29. The van der Waals surface area contributed by atoms with Crippen LogP contribution in [0.1, 0.15) is 40.8 Å². The Balaban J connectivity index is 1.48. The van der Waals surface area contributed by atoms with Gasteiger partial charge in [0.05, 0.1) is 25.2 Å². The zero-order valence-electron chi connectivity index (χ0n) is 21.3. The average molecular weight is 523 g/mol. The third-order valence-corrected chi connectivity index (χ3v) is 6.54. The summed E-state index contributed by atoms with van der Waals surface area (Å²) in [7, 11) is 0. The number of nitrogens with zero attached hydrogens (tertiary/aromatic N) is 2. The number of halogens is 2. The lowest BCUT2D eigenvalue weighted by Crippen LogP contribution is -2.35. The molecule has 0 radical (unpaired) electrons.